The van der Waals surface area contributed by atoms with Crippen molar-refractivity contribution in [3.8, 4) is 6.07 Å². The van der Waals surface area contributed by atoms with Gasteiger partial charge in [0.15, 0.2) is 0 Å². The molecule has 32 heavy (non-hydrogen) atoms. The van der Waals surface area contributed by atoms with Crippen molar-refractivity contribution >= 4 is 23.1 Å². The molecule has 0 bridgehead atoms. The minimum Gasteiger partial charge on any atom is -0.366 e. The number of hydrogen-bond acceptors (Lipinski definition) is 7. The highest BCUT2D eigenvalue weighted by atomic mass is 16.5. The normalized spacial score (nSPS) is 15.1. The maximum absolute atomic E-state index is 12.3. The van der Waals surface area contributed by atoms with Gasteiger partial charge in [0.05, 0.1) is 41.4 Å². The first-order valence-electron chi connectivity index (χ1n) is 10.4. The third-order valence-corrected chi connectivity index (χ3v) is 5.34. The van der Waals surface area contributed by atoms with Gasteiger partial charge in [-0.2, -0.15) is 10.4 Å². The van der Waals surface area contributed by atoms with Crippen LogP contribution in [0.3, 0.4) is 0 Å². The number of nitriles is 1. The van der Waals surface area contributed by atoms with Crippen LogP contribution < -0.4 is 15.5 Å². The number of likely N-dealkylation sites (N-methyl/N-ethyl adjacent to an activating group) is 1. The van der Waals surface area contributed by atoms with Crippen molar-refractivity contribution in [2.45, 2.75) is 33.2 Å². The Bertz CT molecular complexity index is 1180. The molecular formula is C23H25N7O2. The molecule has 1 aromatic carbocycles. The fraction of sp³-hybridized carbons (Fsp3) is 0.304. The van der Waals surface area contributed by atoms with Gasteiger partial charge in [0, 0.05) is 38.0 Å². The van der Waals surface area contributed by atoms with Crippen LogP contribution in [0.15, 0.2) is 42.7 Å². The molecule has 164 valence electrons. The number of fused-ring (bicyclic) bond motifs is 1. The molecule has 3 heterocycles. The number of aromatic nitrogens is 3. The molecule has 4 rings (SSSR count). The smallest absolute Gasteiger partial charge is 0.274 e. The molecule has 2 N–H and O–H groups in total. The number of carbonyl (C=O) groups is 1. The van der Waals surface area contributed by atoms with Gasteiger partial charge in [-0.25, -0.2) is 4.98 Å². The van der Waals surface area contributed by atoms with Crippen molar-refractivity contribution in [3.05, 3.63) is 65.1 Å². The summed E-state index contributed by atoms with van der Waals surface area (Å²) >= 11 is 0. The van der Waals surface area contributed by atoms with Crippen molar-refractivity contribution in [2.24, 2.45) is 0 Å². The van der Waals surface area contributed by atoms with E-state index in [0.717, 1.165) is 22.5 Å². The molecule has 0 aliphatic carbocycles. The maximum Gasteiger partial charge on any atom is 0.274 e. The predicted molar refractivity (Wildman–Crippen MR) is 121 cm³/mol. The second-order valence-electron chi connectivity index (χ2n) is 7.56. The molecule has 1 amide bonds. The van der Waals surface area contributed by atoms with Crippen molar-refractivity contribution in [1.82, 2.24) is 14.8 Å². The van der Waals surface area contributed by atoms with Gasteiger partial charge in [-0.15, -0.1) is 0 Å². The Balaban J connectivity index is 1.47. The summed E-state index contributed by atoms with van der Waals surface area (Å²) in [5.74, 6) is 0.500. The van der Waals surface area contributed by atoms with Crippen LogP contribution in [0.5, 0.6) is 0 Å². The number of carbonyl (C=O) groups excluding carboxylic acids is 1. The molecule has 0 saturated carbocycles. The lowest BCUT2D eigenvalue weighted by Crippen LogP contribution is -2.48. The minimum absolute atomic E-state index is 0.196. The first-order chi connectivity index (χ1) is 15.5. The SMILES string of the molecule is CCOC1C(=O)Nc2c(cc(NCc3cnn(Cc4ccccc4C#N)c3)nc2C)N1C. The Morgan fingerprint density at radius 1 is 1.34 bits per heavy atom. The molecule has 2 aromatic heterocycles. The maximum atomic E-state index is 12.3. The van der Waals surface area contributed by atoms with E-state index >= 15 is 0 Å². The average molecular weight is 432 g/mol. The number of anilines is 3. The first-order valence-corrected chi connectivity index (χ1v) is 10.4. The molecule has 1 aliphatic heterocycles. The highest BCUT2D eigenvalue weighted by molar-refractivity contribution is 6.03. The molecular weight excluding hydrogens is 406 g/mol. The lowest BCUT2D eigenvalue weighted by molar-refractivity contribution is -0.127. The fourth-order valence-electron chi connectivity index (χ4n) is 3.73. The molecule has 1 unspecified atom stereocenters. The summed E-state index contributed by atoms with van der Waals surface area (Å²) in [6.45, 7) is 5.24. The number of benzene rings is 1. The van der Waals surface area contributed by atoms with Crippen LogP contribution in [0.4, 0.5) is 17.2 Å². The quantitative estimate of drug-likeness (QED) is 0.592. The van der Waals surface area contributed by atoms with Gasteiger partial charge in [-0.1, -0.05) is 18.2 Å². The van der Waals surface area contributed by atoms with E-state index in [9.17, 15) is 10.1 Å². The summed E-state index contributed by atoms with van der Waals surface area (Å²) < 4.78 is 7.40. The van der Waals surface area contributed by atoms with Crippen LogP contribution in [-0.4, -0.2) is 40.6 Å². The summed E-state index contributed by atoms with van der Waals surface area (Å²) in [7, 11) is 1.84. The summed E-state index contributed by atoms with van der Waals surface area (Å²) in [6.07, 6.45) is 3.07. The summed E-state index contributed by atoms with van der Waals surface area (Å²) in [4.78, 5) is 18.7. The highest BCUT2D eigenvalue weighted by Gasteiger charge is 2.32. The number of rotatable bonds is 7. The number of pyridine rings is 1. The summed E-state index contributed by atoms with van der Waals surface area (Å²) in [5, 5.41) is 19.9. The van der Waals surface area contributed by atoms with E-state index in [1.807, 2.05) is 60.9 Å². The van der Waals surface area contributed by atoms with Crippen molar-refractivity contribution < 1.29 is 9.53 Å². The van der Waals surface area contributed by atoms with Crippen molar-refractivity contribution in [2.75, 3.05) is 29.2 Å². The zero-order chi connectivity index (χ0) is 22.7. The van der Waals surface area contributed by atoms with E-state index in [0.29, 0.717) is 36.8 Å². The fourth-order valence-corrected chi connectivity index (χ4v) is 3.73. The first kappa shape index (κ1) is 21.3. The molecule has 0 saturated heterocycles. The summed E-state index contributed by atoms with van der Waals surface area (Å²) in [6, 6.07) is 11.6. The molecule has 1 atom stereocenters. The zero-order valence-electron chi connectivity index (χ0n) is 18.3. The van der Waals surface area contributed by atoms with Gasteiger partial charge in [0.25, 0.3) is 5.91 Å². The van der Waals surface area contributed by atoms with Crippen LogP contribution in [0, 0.1) is 18.3 Å². The minimum atomic E-state index is -0.670. The second kappa shape index (κ2) is 9.08. The third-order valence-electron chi connectivity index (χ3n) is 5.34. The molecule has 3 aromatic rings. The lowest BCUT2D eigenvalue weighted by Gasteiger charge is -2.35. The van der Waals surface area contributed by atoms with Gasteiger partial charge in [0.2, 0.25) is 6.23 Å². The Morgan fingerprint density at radius 2 is 2.16 bits per heavy atom. The van der Waals surface area contributed by atoms with Crippen LogP contribution in [0.25, 0.3) is 0 Å². The van der Waals surface area contributed by atoms with E-state index < -0.39 is 6.23 Å². The van der Waals surface area contributed by atoms with Crippen LogP contribution >= 0.6 is 0 Å². The summed E-state index contributed by atoms with van der Waals surface area (Å²) in [5.41, 5.74) is 4.84. The molecule has 9 nitrogen and oxygen atoms in total. The molecule has 1 aliphatic rings. The number of nitrogens with one attached hydrogen (secondary N) is 2. The van der Waals surface area contributed by atoms with Gasteiger partial charge in [-0.3, -0.25) is 9.48 Å². The van der Waals surface area contributed by atoms with Crippen LogP contribution in [0.1, 0.15) is 29.3 Å². The van der Waals surface area contributed by atoms with E-state index in [-0.39, 0.29) is 5.91 Å². The number of hydrogen-bond donors (Lipinski definition) is 2. The zero-order valence-corrected chi connectivity index (χ0v) is 18.3. The Kier molecular flexibility index (Phi) is 6.05. The molecule has 0 radical (unpaired) electrons. The van der Waals surface area contributed by atoms with Crippen molar-refractivity contribution in [3.63, 3.8) is 0 Å². The number of aryl methyl sites for hydroxylation is 1. The van der Waals surface area contributed by atoms with Gasteiger partial charge >= 0.3 is 0 Å². The molecule has 0 fully saturated rings. The van der Waals surface area contributed by atoms with Crippen LogP contribution in [-0.2, 0) is 22.6 Å². The van der Waals surface area contributed by atoms with Gasteiger partial charge in [0.1, 0.15) is 5.82 Å². The Labute approximate surface area is 186 Å². The van der Waals surface area contributed by atoms with E-state index in [4.69, 9.17) is 4.74 Å². The average Bonchev–Trinajstić information content (AvgIpc) is 3.24. The van der Waals surface area contributed by atoms with Gasteiger partial charge in [-0.05, 0) is 25.5 Å². The van der Waals surface area contributed by atoms with Crippen molar-refractivity contribution in [1.29, 1.82) is 5.26 Å². The van der Waals surface area contributed by atoms with Gasteiger partial charge < -0.3 is 20.3 Å². The Hall–Kier alpha value is -3.90. The second-order valence-corrected chi connectivity index (χ2v) is 7.56. The number of ether oxygens (including phenoxy) is 1. The third kappa shape index (κ3) is 4.26. The number of amides is 1. The van der Waals surface area contributed by atoms with Crippen LogP contribution in [0.2, 0.25) is 0 Å². The number of nitrogens with zero attached hydrogens (tertiary/aromatic N) is 5. The largest absolute Gasteiger partial charge is 0.366 e. The molecule has 9 heteroatoms. The highest BCUT2D eigenvalue weighted by Crippen LogP contribution is 2.35. The Morgan fingerprint density at radius 3 is 2.94 bits per heavy atom. The van der Waals surface area contributed by atoms with E-state index in [1.54, 1.807) is 12.3 Å². The standard InChI is InChI=1S/C23H25N7O2/c1-4-32-23-22(31)28-21-15(2)27-20(9-19(21)29(23)3)25-11-16-12-26-30(13-16)14-18-8-6-5-7-17(18)10-24/h5-9,12-13,23H,4,11,14H2,1-3H3,(H,25,27)(H,28,31). The molecule has 0 spiro atoms. The lowest BCUT2D eigenvalue weighted by atomic mass is 10.1. The monoisotopic (exact) mass is 431 g/mol. The topological polar surface area (TPSA) is 108 Å². The predicted octanol–water partition coefficient (Wildman–Crippen LogP) is 2.87. The van der Waals surface area contributed by atoms with E-state index in [1.165, 1.54) is 0 Å². The van der Waals surface area contributed by atoms with E-state index in [2.05, 4.69) is 26.8 Å².